The van der Waals surface area contributed by atoms with Gasteiger partial charge in [-0.2, -0.15) is 0 Å². The molecular formula is C61H38N2O. The maximum atomic E-state index is 6.27. The Hall–Kier alpha value is -8.40. The molecule has 0 unspecified atom stereocenters. The Bertz CT molecular complexity index is 3970. The van der Waals surface area contributed by atoms with E-state index in [0.717, 1.165) is 50.0 Å². The largest absolute Gasteiger partial charge is 0.456 e. The maximum absolute atomic E-state index is 6.27. The van der Waals surface area contributed by atoms with Gasteiger partial charge in [-0.3, -0.25) is 0 Å². The number of aromatic nitrogens is 2. The van der Waals surface area contributed by atoms with Crippen LogP contribution in [0.15, 0.2) is 235 Å². The van der Waals surface area contributed by atoms with Crippen LogP contribution in [-0.4, -0.2) is 9.13 Å². The molecule has 3 heterocycles. The molecule has 13 aromatic rings. The fourth-order valence-electron chi connectivity index (χ4n) is 11.4. The summed E-state index contributed by atoms with van der Waals surface area (Å²) in [7, 11) is 0. The van der Waals surface area contributed by atoms with Gasteiger partial charge in [0.2, 0.25) is 0 Å². The van der Waals surface area contributed by atoms with Crippen molar-refractivity contribution < 1.29 is 4.42 Å². The van der Waals surface area contributed by atoms with E-state index in [4.69, 9.17) is 4.42 Å². The molecule has 1 aliphatic carbocycles. The van der Waals surface area contributed by atoms with E-state index in [9.17, 15) is 0 Å². The summed E-state index contributed by atoms with van der Waals surface area (Å²) in [5.41, 5.74) is 18.3. The molecule has 0 aliphatic heterocycles. The van der Waals surface area contributed by atoms with Crippen LogP contribution in [0.3, 0.4) is 0 Å². The number of para-hydroxylation sites is 3. The molecule has 0 saturated carbocycles. The fourth-order valence-corrected chi connectivity index (χ4v) is 11.4. The summed E-state index contributed by atoms with van der Waals surface area (Å²) in [6, 6.07) is 84.8. The van der Waals surface area contributed by atoms with Gasteiger partial charge in [-0.25, -0.2) is 0 Å². The van der Waals surface area contributed by atoms with Gasteiger partial charge in [0.15, 0.2) is 0 Å². The third-order valence-electron chi connectivity index (χ3n) is 14.0. The van der Waals surface area contributed by atoms with Gasteiger partial charge < -0.3 is 13.6 Å². The Balaban J connectivity index is 1.09. The van der Waals surface area contributed by atoms with Crippen LogP contribution in [0.4, 0.5) is 0 Å². The van der Waals surface area contributed by atoms with Crippen LogP contribution in [0.5, 0.6) is 0 Å². The van der Waals surface area contributed by atoms with Crippen molar-refractivity contribution >= 4 is 65.6 Å². The molecule has 0 atom stereocenters. The first-order chi connectivity index (χ1) is 31.8. The fraction of sp³-hybridized carbons (Fsp3) is 0.0164. The van der Waals surface area contributed by atoms with Crippen molar-refractivity contribution in [1.29, 1.82) is 0 Å². The van der Waals surface area contributed by atoms with E-state index < -0.39 is 5.41 Å². The lowest BCUT2D eigenvalue weighted by molar-refractivity contribution is 0.669. The van der Waals surface area contributed by atoms with Crippen molar-refractivity contribution in [3.63, 3.8) is 0 Å². The molecule has 3 nitrogen and oxygen atoms in total. The first-order valence-electron chi connectivity index (χ1n) is 22.1. The number of hydrogen-bond acceptors (Lipinski definition) is 1. The summed E-state index contributed by atoms with van der Waals surface area (Å²) in [5.74, 6) is 0. The van der Waals surface area contributed by atoms with Crippen LogP contribution in [-0.2, 0) is 5.41 Å². The van der Waals surface area contributed by atoms with Gasteiger partial charge in [-0.1, -0.05) is 158 Å². The highest BCUT2D eigenvalue weighted by atomic mass is 16.3. The average Bonchev–Trinajstić information content (AvgIpc) is 4.09. The van der Waals surface area contributed by atoms with E-state index in [2.05, 4.69) is 234 Å². The number of nitrogens with zero attached hydrogens (tertiary/aromatic N) is 2. The van der Waals surface area contributed by atoms with Crippen molar-refractivity contribution in [3.8, 4) is 33.6 Å². The molecule has 10 aromatic carbocycles. The molecule has 0 amide bonds. The number of benzene rings is 10. The summed E-state index contributed by atoms with van der Waals surface area (Å²) in [4.78, 5) is 0. The zero-order valence-electron chi connectivity index (χ0n) is 34.7. The van der Waals surface area contributed by atoms with E-state index in [1.165, 1.54) is 71.5 Å². The second kappa shape index (κ2) is 13.3. The molecule has 14 rings (SSSR count). The van der Waals surface area contributed by atoms with Gasteiger partial charge in [0, 0.05) is 38.0 Å². The Kier molecular flexibility index (Phi) is 7.32. The van der Waals surface area contributed by atoms with Gasteiger partial charge in [0.25, 0.3) is 0 Å². The van der Waals surface area contributed by atoms with E-state index in [1.54, 1.807) is 0 Å². The number of hydrogen-bond donors (Lipinski definition) is 0. The minimum atomic E-state index is -0.523. The molecule has 64 heavy (non-hydrogen) atoms. The van der Waals surface area contributed by atoms with Crippen molar-refractivity contribution in [1.82, 2.24) is 9.13 Å². The molecule has 0 radical (unpaired) electrons. The highest BCUT2D eigenvalue weighted by Gasteiger charge is 2.46. The minimum Gasteiger partial charge on any atom is -0.456 e. The van der Waals surface area contributed by atoms with Crippen LogP contribution < -0.4 is 0 Å². The molecule has 0 N–H and O–H groups in total. The summed E-state index contributed by atoms with van der Waals surface area (Å²) in [5, 5.41) is 7.13. The molecule has 0 bridgehead atoms. The van der Waals surface area contributed by atoms with Crippen molar-refractivity contribution in [2.24, 2.45) is 0 Å². The number of fused-ring (bicyclic) bond motifs is 12. The van der Waals surface area contributed by atoms with E-state index in [0.29, 0.717) is 0 Å². The third-order valence-corrected chi connectivity index (χ3v) is 14.0. The summed E-state index contributed by atoms with van der Waals surface area (Å²) in [6.45, 7) is 0. The molecule has 1 aliphatic rings. The zero-order valence-corrected chi connectivity index (χ0v) is 34.7. The Morgan fingerprint density at radius 1 is 0.328 bits per heavy atom. The first kappa shape index (κ1) is 35.2. The average molecular weight is 815 g/mol. The number of rotatable bonds is 5. The van der Waals surface area contributed by atoms with Gasteiger partial charge in [-0.15, -0.1) is 0 Å². The maximum Gasteiger partial charge on any atom is 0.135 e. The summed E-state index contributed by atoms with van der Waals surface area (Å²) in [6.07, 6.45) is 0. The predicted molar refractivity (Wildman–Crippen MR) is 265 cm³/mol. The second-order valence-corrected chi connectivity index (χ2v) is 17.2. The third kappa shape index (κ3) is 4.76. The van der Waals surface area contributed by atoms with Crippen LogP contribution in [0.1, 0.15) is 22.3 Å². The highest BCUT2D eigenvalue weighted by Crippen LogP contribution is 2.56. The quantitative estimate of drug-likeness (QED) is 0.170. The number of furan rings is 1. The van der Waals surface area contributed by atoms with Crippen molar-refractivity contribution in [2.75, 3.05) is 0 Å². The minimum absolute atomic E-state index is 0.523. The van der Waals surface area contributed by atoms with Crippen LogP contribution in [0, 0.1) is 0 Å². The molecular weight excluding hydrogens is 777 g/mol. The predicted octanol–water partition coefficient (Wildman–Crippen LogP) is 15.8. The Morgan fingerprint density at radius 3 is 1.67 bits per heavy atom. The smallest absolute Gasteiger partial charge is 0.135 e. The Morgan fingerprint density at radius 2 is 0.891 bits per heavy atom. The van der Waals surface area contributed by atoms with Gasteiger partial charge in [-0.05, 0) is 117 Å². The van der Waals surface area contributed by atoms with Crippen molar-refractivity contribution in [2.45, 2.75) is 5.41 Å². The second-order valence-electron chi connectivity index (χ2n) is 17.2. The van der Waals surface area contributed by atoms with E-state index >= 15 is 0 Å². The molecule has 0 fully saturated rings. The standard InChI is InChI=1S/C61H38N2O/c1-3-16-41(17-4-1)61(51-24-11-7-20-44(51)45-21-8-12-25-52(45)61)42-32-34-55-49(38-42)48-36-39(40-31-35-59-50(37-40)46-22-10-14-29-58(46)64-59)30-33-54(48)63(55)57-28-15-27-56-60(57)47-23-9-13-26-53(47)62(56)43-18-5-2-6-19-43/h1-38H. The first-order valence-corrected chi connectivity index (χ1v) is 22.1. The topological polar surface area (TPSA) is 23.0 Å². The highest BCUT2D eigenvalue weighted by molar-refractivity contribution is 6.17. The molecule has 298 valence electrons. The normalized spacial score (nSPS) is 13.1. The molecule has 3 aromatic heterocycles. The van der Waals surface area contributed by atoms with E-state index in [-0.39, 0.29) is 0 Å². The lowest BCUT2D eigenvalue weighted by atomic mass is 9.67. The van der Waals surface area contributed by atoms with Crippen LogP contribution in [0.25, 0.3) is 99.2 Å². The Labute approximate surface area is 369 Å². The SMILES string of the molecule is c1ccc(-n2c3ccccc3c3c(-n4c5ccc(-c6ccc7oc8ccccc8c7c6)cc5c5cc(C6(c7ccccc7)c7ccccc7-c7ccccc76)ccc54)cccc32)cc1. The van der Waals surface area contributed by atoms with Gasteiger partial charge >= 0.3 is 0 Å². The summed E-state index contributed by atoms with van der Waals surface area (Å²) < 4.78 is 11.2. The van der Waals surface area contributed by atoms with Crippen LogP contribution in [0.2, 0.25) is 0 Å². The lowest BCUT2D eigenvalue weighted by Gasteiger charge is -2.34. The molecule has 0 saturated heterocycles. The lowest BCUT2D eigenvalue weighted by Crippen LogP contribution is -2.28. The van der Waals surface area contributed by atoms with Gasteiger partial charge in [0.1, 0.15) is 11.2 Å². The van der Waals surface area contributed by atoms with Crippen LogP contribution >= 0.6 is 0 Å². The molecule has 3 heteroatoms. The van der Waals surface area contributed by atoms with Crippen molar-refractivity contribution in [3.05, 3.63) is 253 Å². The summed E-state index contributed by atoms with van der Waals surface area (Å²) >= 11 is 0. The molecule has 0 spiro atoms. The monoisotopic (exact) mass is 814 g/mol. The van der Waals surface area contributed by atoms with E-state index in [1.807, 2.05) is 6.07 Å². The van der Waals surface area contributed by atoms with Gasteiger partial charge in [0.05, 0.1) is 33.2 Å². The zero-order chi connectivity index (χ0) is 41.9.